The third kappa shape index (κ3) is 2.34. The van der Waals surface area contributed by atoms with E-state index in [4.69, 9.17) is 4.42 Å². The molecule has 1 saturated heterocycles. The first-order valence-corrected chi connectivity index (χ1v) is 6.28. The number of carbonyl (C=O) groups excluding carboxylic acids is 1. The average Bonchev–Trinajstić information content (AvgIpc) is 2.72. The van der Waals surface area contributed by atoms with E-state index in [2.05, 4.69) is 4.98 Å². The number of carboxylic acid groups (broad SMARTS) is 1. The Morgan fingerprint density at radius 1 is 1.53 bits per heavy atom. The van der Waals surface area contributed by atoms with Gasteiger partial charge in [0.25, 0.3) is 5.91 Å². The average molecular weight is 266 g/mol. The lowest BCUT2D eigenvalue weighted by atomic mass is 9.76. The van der Waals surface area contributed by atoms with Gasteiger partial charge in [0.05, 0.1) is 5.69 Å². The molecule has 1 fully saturated rings. The number of carbonyl (C=O) groups is 2. The largest absolute Gasteiger partial charge is 0.480 e. The molecular formula is C13H18N2O4. The summed E-state index contributed by atoms with van der Waals surface area (Å²) < 4.78 is 5.08. The molecular weight excluding hydrogens is 248 g/mol. The number of aliphatic carboxylic acids is 1. The van der Waals surface area contributed by atoms with E-state index >= 15 is 0 Å². The molecule has 1 N–H and O–H groups in total. The van der Waals surface area contributed by atoms with E-state index in [0.29, 0.717) is 12.2 Å². The number of oxazole rings is 1. The van der Waals surface area contributed by atoms with Crippen LogP contribution in [0.3, 0.4) is 0 Å². The van der Waals surface area contributed by atoms with Crippen molar-refractivity contribution < 1.29 is 19.1 Å². The van der Waals surface area contributed by atoms with E-state index in [1.54, 1.807) is 6.92 Å². The highest BCUT2D eigenvalue weighted by Crippen LogP contribution is 2.36. The van der Waals surface area contributed by atoms with Crippen LogP contribution >= 0.6 is 0 Å². The van der Waals surface area contributed by atoms with Crippen molar-refractivity contribution in [2.24, 2.45) is 5.41 Å². The minimum absolute atomic E-state index is 0.129. The summed E-state index contributed by atoms with van der Waals surface area (Å²) in [5.74, 6) is -1.24. The molecule has 1 aliphatic rings. The maximum atomic E-state index is 12.4. The Kier molecular flexibility index (Phi) is 3.34. The van der Waals surface area contributed by atoms with Crippen LogP contribution in [0.25, 0.3) is 0 Å². The Bertz CT molecular complexity index is 506. The van der Waals surface area contributed by atoms with Gasteiger partial charge in [-0.1, -0.05) is 13.8 Å². The molecule has 0 radical (unpaired) electrons. The fourth-order valence-corrected chi connectivity index (χ4v) is 2.72. The number of hydrogen-bond donors (Lipinski definition) is 1. The number of aromatic nitrogens is 1. The predicted molar refractivity (Wildman–Crippen MR) is 66.7 cm³/mol. The number of likely N-dealkylation sites (tertiary alicyclic amines) is 1. The standard InChI is InChI=1S/C13H18N2O4/c1-8-9(19-7-14-8)11(16)15-6-4-5-13(2,3)10(15)12(17)18/h7,10H,4-6H2,1-3H3,(H,17,18). The lowest BCUT2D eigenvalue weighted by Crippen LogP contribution is -2.56. The summed E-state index contributed by atoms with van der Waals surface area (Å²) in [5, 5.41) is 9.42. The van der Waals surface area contributed by atoms with Crippen molar-refractivity contribution in [1.82, 2.24) is 9.88 Å². The Labute approximate surface area is 111 Å². The normalized spacial score (nSPS) is 22.3. The molecule has 2 heterocycles. The number of piperidine rings is 1. The molecule has 2 rings (SSSR count). The van der Waals surface area contributed by atoms with Crippen LogP contribution < -0.4 is 0 Å². The molecule has 1 aliphatic heterocycles. The molecule has 0 saturated carbocycles. The number of aryl methyl sites for hydroxylation is 1. The summed E-state index contributed by atoms with van der Waals surface area (Å²) in [6.07, 6.45) is 2.77. The Hall–Kier alpha value is -1.85. The molecule has 104 valence electrons. The minimum Gasteiger partial charge on any atom is -0.480 e. The number of hydrogen-bond acceptors (Lipinski definition) is 4. The summed E-state index contributed by atoms with van der Waals surface area (Å²) in [4.78, 5) is 29.2. The number of nitrogens with zero attached hydrogens (tertiary/aromatic N) is 2. The molecule has 6 heteroatoms. The number of amides is 1. The molecule has 1 aromatic heterocycles. The van der Waals surface area contributed by atoms with Crippen molar-refractivity contribution in [1.29, 1.82) is 0 Å². The van der Waals surface area contributed by atoms with Gasteiger partial charge in [-0.15, -0.1) is 0 Å². The molecule has 19 heavy (non-hydrogen) atoms. The van der Waals surface area contributed by atoms with Gasteiger partial charge in [0.15, 0.2) is 6.39 Å². The second-order valence-electron chi connectivity index (χ2n) is 5.60. The zero-order chi connectivity index (χ0) is 14.2. The van der Waals surface area contributed by atoms with Crippen LogP contribution in [0.2, 0.25) is 0 Å². The lowest BCUT2D eigenvalue weighted by Gasteiger charge is -2.43. The van der Waals surface area contributed by atoms with Gasteiger partial charge < -0.3 is 14.4 Å². The Morgan fingerprint density at radius 2 is 2.21 bits per heavy atom. The maximum absolute atomic E-state index is 12.4. The summed E-state index contributed by atoms with van der Waals surface area (Å²) >= 11 is 0. The third-order valence-electron chi connectivity index (χ3n) is 3.71. The monoisotopic (exact) mass is 266 g/mol. The summed E-state index contributed by atoms with van der Waals surface area (Å²) in [6.45, 7) is 5.85. The molecule has 0 spiro atoms. The minimum atomic E-state index is -0.977. The number of rotatable bonds is 2. The highest BCUT2D eigenvalue weighted by Gasteiger charge is 2.45. The van der Waals surface area contributed by atoms with Crippen molar-refractivity contribution in [3.63, 3.8) is 0 Å². The Balaban J connectivity index is 2.34. The van der Waals surface area contributed by atoms with E-state index in [1.807, 2.05) is 13.8 Å². The van der Waals surface area contributed by atoms with Gasteiger partial charge in [0.1, 0.15) is 6.04 Å². The zero-order valence-corrected chi connectivity index (χ0v) is 11.3. The van der Waals surface area contributed by atoms with E-state index in [1.165, 1.54) is 11.3 Å². The van der Waals surface area contributed by atoms with E-state index in [-0.39, 0.29) is 5.76 Å². The quantitative estimate of drug-likeness (QED) is 0.880. The molecule has 0 bridgehead atoms. The van der Waals surface area contributed by atoms with Crippen molar-refractivity contribution >= 4 is 11.9 Å². The lowest BCUT2D eigenvalue weighted by molar-refractivity contribution is -0.148. The molecule has 6 nitrogen and oxygen atoms in total. The molecule has 1 aromatic rings. The van der Waals surface area contributed by atoms with Crippen LogP contribution in [0.1, 0.15) is 42.9 Å². The Morgan fingerprint density at radius 3 is 2.74 bits per heavy atom. The second-order valence-corrected chi connectivity index (χ2v) is 5.60. The van der Waals surface area contributed by atoms with Crippen LogP contribution in [0.15, 0.2) is 10.8 Å². The second kappa shape index (κ2) is 4.68. The molecule has 0 aliphatic carbocycles. The first-order valence-electron chi connectivity index (χ1n) is 6.28. The highest BCUT2D eigenvalue weighted by molar-refractivity contribution is 5.95. The van der Waals surface area contributed by atoms with Crippen molar-refractivity contribution in [2.45, 2.75) is 39.7 Å². The smallest absolute Gasteiger partial charge is 0.326 e. The van der Waals surface area contributed by atoms with Gasteiger partial charge in [-0.3, -0.25) is 4.79 Å². The van der Waals surface area contributed by atoms with Crippen molar-refractivity contribution in [3.8, 4) is 0 Å². The predicted octanol–water partition coefficient (Wildman–Crippen LogP) is 1.70. The van der Waals surface area contributed by atoms with Gasteiger partial charge in [-0.25, -0.2) is 9.78 Å². The summed E-state index contributed by atoms with van der Waals surface area (Å²) in [6, 6.07) is -0.835. The maximum Gasteiger partial charge on any atom is 0.326 e. The summed E-state index contributed by atoms with van der Waals surface area (Å²) in [7, 11) is 0. The van der Waals surface area contributed by atoms with Crippen molar-refractivity contribution in [3.05, 3.63) is 17.8 Å². The van der Waals surface area contributed by atoms with Gasteiger partial charge in [0, 0.05) is 6.54 Å². The highest BCUT2D eigenvalue weighted by atomic mass is 16.4. The van der Waals surface area contributed by atoms with Crippen LogP contribution in [-0.2, 0) is 4.79 Å². The van der Waals surface area contributed by atoms with Gasteiger partial charge in [-0.2, -0.15) is 0 Å². The van der Waals surface area contributed by atoms with E-state index in [9.17, 15) is 14.7 Å². The topological polar surface area (TPSA) is 83.6 Å². The fraction of sp³-hybridized carbons (Fsp3) is 0.615. The fourth-order valence-electron chi connectivity index (χ4n) is 2.72. The van der Waals surface area contributed by atoms with Gasteiger partial charge >= 0.3 is 5.97 Å². The zero-order valence-electron chi connectivity index (χ0n) is 11.3. The van der Waals surface area contributed by atoms with Crippen LogP contribution in [0, 0.1) is 12.3 Å². The van der Waals surface area contributed by atoms with Gasteiger partial charge in [-0.05, 0) is 25.2 Å². The molecule has 1 unspecified atom stereocenters. The molecule has 1 amide bonds. The van der Waals surface area contributed by atoms with Crippen LogP contribution in [0.4, 0.5) is 0 Å². The molecule has 0 aromatic carbocycles. The van der Waals surface area contributed by atoms with Crippen LogP contribution in [-0.4, -0.2) is 39.5 Å². The number of carboxylic acids is 1. The third-order valence-corrected chi connectivity index (χ3v) is 3.71. The first kappa shape index (κ1) is 13.6. The van der Waals surface area contributed by atoms with Crippen LogP contribution in [0.5, 0.6) is 0 Å². The SMILES string of the molecule is Cc1ncoc1C(=O)N1CCCC(C)(C)C1C(=O)O. The first-order chi connectivity index (χ1) is 8.84. The van der Waals surface area contributed by atoms with E-state index in [0.717, 1.165) is 12.8 Å². The summed E-state index contributed by atoms with van der Waals surface area (Å²) in [5.41, 5.74) is 0.0331. The van der Waals surface area contributed by atoms with Gasteiger partial charge in [0.2, 0.25) is 5.76 Å². The van der Waals surface area contributed by atoms with Crippen molar-refractivity contribution in [2.75, 3.05) is 6.54 Å². The molecule has 1 atom stereocenters. The van der Waals surface area contributed by atoms with E-state index < -0.39 is 23.3 Å².